The molecular weight excluding hydrogens is 192 g/mol. The molecule has 1 N–H and O–H groups in total. The van der Waals surface area contributed by atoms with Crippen LogP contribution in [0.5, 0.6) is 0 Å². The minimum atomic E-state index is -0.228. The molecular formula is C10H14N4O. The molecule has 0 spiro atoms. The monoisotopic (exact) mass is 206 g/mol. The van der Waals surface area contributed by atoms with Gasteiger partial charge in [0.1, 0.15) is 0 Å². The van der Waals surface area contributed by atoms with Crippen molar-refractivity contribution in [2.45, 2.75) is 33.6 Å². The Morgan fingerprint density at radius 3 is 2.60 bits per heavy atom. The third-order valence-corrected chi connectivity index (χ3v) is 2.68. The first-order chi connectivity index (χ1) is 7.02. The maximum absolute atomic E-state index is 11.4. The minimum Gasteiger partial charge on any atom is -0.246 e. The Kier molecular flexibility index (Phi) is 2.10. The molecule has 0 saturated carbocycles. The lowest BCUT2D eigenvalue weighted by Crippen LogP contribution is -2.15. The molecule has 0 aliphatic rings. The lowest BCUT2D eigenvalue weighted by atomic mass is 10.0. The Morgan fingerprint density at radius 1 is 1.33 bits per heavy atom. The highest BCUT2D eigenvalue weighted by molar-refractivity contribution is 5.37. The second-order valence-corrected chi connectivity index (χ2v) is 4.03. The average molecular weight is 206 g/mol. The Hall–Kier alpha value is -1.65. The van der Waals surface area contributed by atoms with Gasteiger partial charge < -0.3 is 0 Å². The third-order valence-electron chi connectivity index (χ3n) is 2.68. The highest BCUT2D eigenvalue weighted by atomic mass is 16.1. The normalized spacial score (nSPS) is 11.5. The number of fused-ring (bicyclic) bond motifs is 1. The van der Waals surface area contributed by atoms with Crippen LogP contribution in [0, 0.1) is 13.8 Å². The zero-order valence-electron chi connectivity index (χ0n) is 9.33. The van der Waals surface area contributed by atoms with Gasteiger partial charge in [0.2, 0.25) is 0 Å². The third kappa shape index (κ3) is 1.35. The van der Waals surface area contributed by atoms with Crippen molar-refractivity contribution in [3.63, 3.8) is 0 Å². The molecule has 2 rings (SSSR count). The largest absolute Gasteiger partial charge is 0.349 e. The Bertz CT molecular complexity index is 565. The number of aromatic amines is 1. The number of hydrogen-bond donors (Lipinski definition) is 1. The van der Waals surface area contributed by atoms with E-state index in [1.807, 2.05) is 13.8 Å². The number of hydrogen-bond acceptors (Lipinski definition) is 3. The lowest BCUT2D eigenvalue weighted by molar-refractivity contribution is 0.793. The van der Waals surface area contributed by atoms with Gasteiger partial charge in [-0.25, -0.2) is 19.3 Å². The van der Waals surface area contributed by atoms with E-state index >= 15 is 0 Å². The van der Waals surface area contributed by atoms with Crippen LogP contribution in [0.25, 0.3) is 5.78 Å². The summed E-state index contributed by atoms with van der Waals surface area (Å²) in [5.41, 5.74) is 2.73. The molecule has 0 saturated heterocycles. The molecule has 0 aliphatic carbocycles. The van der Waals surface area contributed by atoms with E-state index in [0.717, 1.165) is 17.0 Å². The van der Waals surface area contributed by atoms with Crippen LogP contribution in [-0.4, -0.2) is 19.6 Å². The Labute approximate surface area is 87.2 Å². The number of H-pyrrole nitrogens is 1. The molecule has 0 aliphatic heterocycles. The molecule has 0 aromatic carbocycles. The van der Waals surface area contributed by atoms with Gasteiger partial charge in [0.25, 0.3) is 5.78 Å². The number of nitrogens with zero attached hydrogens (tertiary/aromatic N) is 3. The molecule has 0 radical (unpaired) electrons. The fourth-order valence-corrected chi connectivity index (χ4v) is 1.77. The molecule has 2 heterocycles. The maximum Gasteiger partial charge on any atom is 0.349 e. The number of aromatic nitrogens is 4. The van der Waals surface area contributed by atoms with E-state index in [2.05, 4.69) is 29.0 Å². The van der Waals surface area contributed by atoms with Crippen LogP contribution < -0.4 is 5.69 Å². The number of nitrogens with one attached hydrogen (secondary N) is 1. The van der Waals surface area contributed by atoms with Crippen molar-refractivity contribution in [2.24, 2.45) is 0 Å². The summed E-state index contributed by atoms with van der Waals surface area (Å²) < 4.78 is 1.50. The molecule has 0 bridgehead atoms. The highest BCUT2D eigenvalue weighted by Gasteiger charge is 2.13. The zero-order chi connectivity index (χ0) is 11.2. The van der Waals surface area contributed by atoms with E-state index < -0.39 is 0 Å². The summed E-state index contributed by atoms with van der Waals surface area (Å²) in [5, 5.41) is 6.28. The van der Waals surface area contributed by atoms with Crippen LogP contribution in [0.3, 0.4) is 0 Å². The molecule has 0 atom stereocenters. The van der Waals surface area contributed by atoms with E-state index in [1.54, 1.807) is 0 Å². The summed E-state index contributed by atoms with van der Waals surface area (Å²) in [4.78, 5) is 15.8. The summed E-state index contributed by atoms with van der Waals surface area (Å²) in [6, 6.07) is 0. The fraction of sp³-hybridized carbons (Fsp3) is 0.500. The predicted molar refractivity (Wildman–Crippen MR) is 57.2 cm³/mol. The van der Waals surface area contributed by atoms with Gasteiger partial charge in [-0.1, -0.05) is 13.8 Å². The summed E-state index contributed by atoms with van der Waals surface area (Å²) in [6.07, 6.45) is 0. The summed E-state index contributed by atoms with van der Waals surface area (Å²) in [6.45, 7) is 8.05. The molecule has 80 valence electrons. The maximum atomic E-state index is 11.4. The van der Waals surface area contributed by atoms with E-state index in [9.17, 15) is 4.79 Å². The molecule has 0 fully saturated rings. The number of rotatable bonds is 1. The van der Waals surface area contributed by atoms with E-state index in [1.165, 1.54) is 4.40 Å². The molecule has 0 amide bonds. The van der Waals surface area contributed by atoms with Crippen molar-refractivity contribution in [2.75, 3.05) is 0 Å². The molecule has 5 heteroatoms. The first kappa shape index (κ1) is 9.89. The Balaban J connectivity index is 2.91. The lowest BCUT2D eigenvalue weighted by Gasteiger charge is -2.11. The van der Waals surface area contributed by atoms with Gasteiger partial charge in [-0.05, 0) is 25.3 Å². The van der Waals surface area contributed by atoms with Crippen molar-refractivity contribution < 1.29 is 0 Å². The first-order valence-corrected chi connectivity index (χ1v) is 4.96. The molecule has 15 heavy (non-hydrogen) atoms. The van der Waals surface area contributed by atoms with Crippen LogP contribution in [0.15, 0.2) is 4.79 Å². The summed E-state index contributed by atoms with van der Waals surface area (Å²) in [7, 11) is 0. The van der Waals surface area contributed by atoms with Gasteiger partial charge in [0, 0.05) is 5.69 Å². The summed E-state index contributed by atoms with van der Waals surface area (Å²) in [5.74, 6) is 0.785. The van der Waals surface area contributed by atoms with Crippen molar-refractivity contribution in [3.05, 3.63) is 27.4 Å². The standard InChI is InChI=1S/C10H14N4O/c1-5(2)8-6(3)7(4)14-9(11-8)12-13-10(14)15/h5H,1-4H3,(H,13,15). The van der Waals surface area contributed by atoms with Crippen LogP contribution >= 0.6 is 0 Å². The quantitative estimate of drug-likeness (QED) is 0.761. The van der Waals surface area contributed by atoms with Gasteiger partial charge in [-0.15, -0.1) is 5.10 Å². The van der Waals surface area contributed by atoms with E-state index in [-0.39, 0.29) is 5.69 Å². The van der Waals surface area contributed by atoms with Crippen molar-refractivity contribution in [1.29, 1.82) is 0 Å². The zero-order valence-corrected chi connectivity index (χ0v) is 9.33. The van der Waals surface area contributed by atoms with Gasteiger partial charge in [0.15, 0.2) is 0 Å². The van der Waals surface area contributed by atoms with Crippen LogP contribution in [0.2, 0.25) is 0 Å². The Morgan fingerprint density at radius 2 is 2.00 bits per heavy atom. The van der Waals surface area contributed by atoms with Gasteiger partial charge in [-0.3, -0.25) is 0 Å². The SMILES string of the molecule is Cc1c(C(C)C)nc2n[nH]c(=O)n2c1C. The first-order valence-electron chi connectivity index (χ1n) is 4.96. The molecule has 2 aromatic heterocycles. The van der Waals surface area contributed by atoms with Crippen LogP contribution in [-0.2, 0) is 0 Å². The predicted octanol–water partition coefficient (Wildman–Crippen LogP) is 1.16. The molecule has 5 nitrogen and oxygen atoms in total. The second-order valence-electron chi connectivity index (χ2n) is 4.03. The van der Waals surface area contributed by atoms with Crippen molar-refractivity contribution in [3.8, 4) is 0 Å². The summed E-state index contributed by atoms with van der Waals surface area (Å²) >= 11 is 0. The average Bonchev–Trinajstić information content (AvgIpc) is 2.53. The topological polar surface area (TPSA) is 63.0 Å². The molecule has 2 aromatic rings. The van der Waals surface area contributed by atoms with Gasteiger partial charge >= 0.3 is 5.69 Å². The van der Waals surface area contributed by atoms with Crippen molar-refractivity contribution >= 4 is 5.78 Å². The van der Waals surface area contributed by atoms with Gasteiger partial charge in [0.05, 0.1) is 5.69 Å². The van der Waals surface area contributed by atoms with Crippen molar-refractivity contribution in [1.82, 2.24) is 19.6 Å². The van der Waals surface area contributed by atoms with Crippen LogP contribution in [0.4, 0.5) is 0 Å². The fourth-order valence-electron chi connectivity index (χ4n) is 1.77. The smallest absolute Gasteiger partial charge is 0.246 e. The van der Waals surface area contributed by atoms with Crippen LogP contribution in [0.1, 0.15) is 36.7 Å². The number of aryl methyl sites for hydroxylation is 1. The van der Waals surface area contributed by atoms with E-state index in [4.69, 9.17) is 0 Å². The molecule has 0 unspecified atom stereocenters. The van der Waals surface area contributed by atoms with E-state index in [0.29, 0.717) is 11.7 Å². The highest BCUT2D eigenvalue weighted by Crippen LogP contribution is 2.19. The second kappa shape index (κ2) is 3.18. The minimum absolute atomic E-state index is 0.228. The van der Waals surface area contributed by atoms with Gasteiger partial charge in [-0.2, -0.15) is 0 Å².